The third kappa shape index (κ3) is 2.88. The molecule has 1 aromatic heterocycles. The number of nitrogens with zero attached hydrogens (tertiary/aromatic N) is 2. The van der Waals surface area contributed by atoms with Crippen LogP contribution in [-0.2, 0) is 6.42 Å². The first-order valence-electron chi connectivity index (χ1n) is 3.71. The predicted molar refractivity (Wildman–Crippen MR) is 48.4 cm³/mol. The third-order valence-corrected chi connectivity index (χ3v) is 1.51. The molecule has 0 saturated carbocycles. The standard InChI is InChI=1S/C8H10ClN3/c1-2-7-6-8(9)12-11-5-3-4-10-7/h3-6,12H,2H2,1H3. The van der Waals surface area contributed by atoms with E-state index in [1.807, 2.05) is 6.92 Å². The fourth-order valence-electron chi connectivity index (χ4n) is 0.728. The fourth-order valence-corrected chi connectivity index (χ4v) is 0.903. The molecule has 0 saturated heterocycles. The molecule has 0 radical (unpaired) electrons. The normalized spacial score (nSPS) is 9.17. The first-order chi connectivity index (χ1) is 5.83. The predicted octanol–water partition coefficient (Wildman–Crippen LogP) is 2.14. The molecule has 0 fully saturated rings. The molecule has 0 bridgehead atoms. The zero-order valence-electron chi connectivity index (χ0n) is 6.79. The zero-order chi connectivity index (χ0) is 8.81. The van der Waals surface area contributed by atoms with Crippen molar-refractivity contribution in [2.24, 2.45) is 0 Å². The van der Waals surface area contributed by atoms with E-state index in [9.17, 15) is 0 Å². The van der Waals surface area contributed by atoms with Gasteiger partial charge in [-0.15, -0.1) is 0 Å². The number of rotatable bonds is 1. The summed E-state index contributed by atoms with van der Waals surface area (Å²) in [4.78, 5) is 4.16. The molecule has 1 N–H and O–H groups in total. The molecule has 0 aliphatic rings. The van der Waals surface area contributed by atoms with E-state index in [4.69, 9.17) is 11.6 Å². The topological polar surface area (TPSA) is 41.6 Å². The van der Waals surface area contributed by atoms with E-state index >= 15 is 0 Å². The number of aromatic nitrogens is 3. The molecular formula is C8H10ClN3. The Morgan fingerprint density at radius 1 is 1.50 bits per heavy atom. The maximum Gasteiger partial charge on any atom is 0.124 e. The minimum Gasteiger partial charge on any atom is -0.267 e. The Morgan fingerprint density at radius 2 is 2.33 bits per heavy atom. The second-order valence-corrected chi connectivity index (χ2v) is 2.60. The van der Waals surface area contributed by atoms with E-state index in [0.29, 0.717) is 5.15 Å². The van der Waals surface area contributed by atoms with Gasteiger partial charge in [0.05, 0.1) is 0 Å². The Bertz CT molecular complexity index is 294. The smallest absolute Gasteiger partial charge is 0.124 e. The Labute approximate surface area is 76.1 Å². The number of halogens is 1. The fraction of sp³-hybridized carbons (Fsp3) is 0.250. The van der Waals surface area contributed by atoms with Crippen LogP contribution in [0.2, 0.25) is 5.15 Å². The maximum atomic E-state index is 5.77. The van der Waals surface area contributed by atoms with Crippen LogP contribution in [0.5, 0.6) is 0 Å². The molecule has 4 heteroatoms. The lowest BCUT2D eigenvalue weighted by atomic mass is 10.3. The highest BCUT2D eigenvalue weighted by molar-refractivity contribution is 6.29. The number of H-pyrrole nitrogens is 1. The van der Waals surface area contributed by atoms with Gasteiger partial charge in [0.2, 0.25) is 0 Å². The molecule has 12 heavy (non-hydrogen) atoms. The Hall–Kier alpha value is -1.09. The number of nitrogens with one attached hydrogen (secondary N) is 1. The van der Waals surface area contributed by atoms with Gasteiger partial charge in [0, 0.05) is 18.1 Å². The summed E-state index contributed by atoms with van der Waals surface area (Å²) in [5.74, 6) is 0. The van der Waals surface area contributed by atoms with Crippen molar-refractivity contribution < 1.29 is 0 Å². The molecular weight excluding hydrogens is 174 g/mol. The molecule has 0 aromatic carbocycles. The van der Waals surface area contributed by atoms with E-state index in [1.165, 1.54) is 0 Å². The molecule has 0 aliphatic carbocycles. The van der Waals surface area contributed by atoms with Gasteiger partial charge in [-0.2, -0.15) is 5.10 Å². The Kier molecular flexibility index (Phi) is 3.54. The van der Waals surface area contributed by atoms with E-state index in [-0.39, 0.29) is 0 Å². The van der Waals surface area contributed by atoms with E-state index in [1.54, 1.807) is 24.5 Å². The van der Waals surface area contributed by atoms with Crippen molar-refractivity contribution >= 4 is 11.6 Å². The van der Waals surface area contributed by atoms with Crippen molar-refractivity contribution in [3.63, 3.8) is 0 Å². The summed E-state index contributed by atoms with van der Waals surface area (Å²) in [5, 5.41) is 6.94. The van der Waals surface area contributed by atoms with E-state index in [2.05, 4.69) is 15.2 Å². The Morgan fingerprint density at radius 3 is 3.08 bits per heavy atom. The van der Waals surface area contributed by atoms with Crippen molar-refractivity contribution in [1.29, 1.82) is 0 Å². The van der Waals surface area contributed by atoms with Gasteiger partial charge >= 0.3 is 0 Å². The monoisotopic (exact) mass is 183 g/mol. The maximum absolute atomic E-state index is 5.77. The minimum atomic E-state index is 0.482. The van der Waals surface area contributed by atoms with Crippen molar-refractivity contribution in [1.82, 2.24) is 15.2 Å². The molecule has 0 amide bonds. The minimum absolute atomic E-state index is 0.482. The molecule has 0 aliphatic heterocycles. The molecule has 1 rings (SSSR count). The van der Waals surface area contributed by atoms with Gasteiger partial charge in [0.15, 0.2) is 0 Å². The van der Waals surface area contributed by atoms with Crippen molar-refractivity contribution in [3.05, 3.63) is 35.4 Å². The first-order valence-corrected chi connectivity index (χ1v) is 4.09. The lowest BCUT2D eigenvalue weighted by molar-refractivity contribution is 1.03. The summed E-state index contributed by atoms with van der Waals surface area (Å²) in [6.45, 7) is 2.02. The number of hydrogen-bond donors (Lipinski definition) is 1. The molecule has 0 spiro atoms. The summed E-state index contributed by atoms with van der Waals surface area (Å²) in [7, 11) is 0. The van der Waals surface area contributed by atoms with Crippen molar-refractivity contribution in [2.75, 3.05) is 0 Å². The summed E-state index contributed by atoms with van der Waals surface area (Å²) < 4.78 is 0. The van der Waals surface area contributed by atoms with Gasteiger partial charge in [-0.05, 0) is 18.6 Å². The van der Waals surface area contributed by atoms with E-state index < -0.39 is 0 Å². The zero-order valence-corrected chi connectivity index (χ0v) is 7.54. The van der Waals surface area contributed by atoms with Crippen LogP contribution in [0.1, 0.15) is 12.6 Å². The number of aromatic amines is 1. The van der Waals surface area contributed by atoms with E-state index in [0.717, 1.165) is 12.1 Å². The van der Waals surface area contributed by atoms with Crippen LogP contribution in [0.3, 0.4) is 0 Å². The van der Waals surface area contributed by atoms with Gasteiger partial charge in [0.25, 0.3) is 0 Å². The largest absolute Gasteiger partial charge is 0.267 e. The van der Waals surface area contributed by atoms with Crippen LogP contribution >= 0.6 is 11.6 Å². The van der Waals surface area contributed by atoms with Gasteiger partial charge in [-0.1, -0.05) is 18.5 Å². The van der Waals surface area contributed by atoms with Crippen LogP contribution in [-0.4, -0.2) is 15.2 Å². The second-order valence-electron chi connectivity index (χ2n) is 2.20. The molecule has 3 nitrogen and oxygen atoms in total. The van der Waals surface area contributed by atoms with Crippen LogP contribution in [0, 0.1) is 0 Å². The highest BCUT2D eigenvalue weighted by Gasteiger charge is 1.86. The lowest BCUT2D eigenvalue weighted by Gasteiger charge is -1.87. The average Bonchev–Trinajstić information content (AvgIpc) is 2.16. The molecule has 0 unspecified atom stereocenters. The van der Waals surface area contributed by atoms with Crippen LogP contribution in [0.25, 0.3) is 0 Å². The lowest BCUT2D eigenvalue weighted by Crippen LogP contribution is -1.81. The second kappa shape index (κ2) is 4.72. The summed E-state index contributed by atoms with van der Waals surface area (Å²) >= 11 is 5.77. The van der Waals surface area contributed by atoms with Crippen LogP contribution < -0.4 is 0 Å². The summed E-state index contributed by atoms with van der Waals surface area (Å²) in [6.07, 6.45) is 4.14. The molecule has 64 valence electrons. The van der Waals surface area contributed by atoms with Gasteiger partial charge in [-0.25, -0.2) is 0 Å². The molecule has 1 aromatic rings. The summed E-state index contributed by atoms with van der Waals surface area (Å²) in [5.41, 5.74) is 0.925. The van der Waals surface area contributed by atoms with Crippen molar-refractivity contribution in [3.8, 4) is 0 Å². The highest BCUT2D eigenvalue weighted by atomic mass is 35.5. The SMILES string of the molecule is CCc1cc(Cl)[nH]ncccn1. The summed E-state index contributed by atoms with van der Waals surface area (Å²) in [6, 6.07) is 3.50. The van der Waals surface area contributed by atoms with Crippen LogP contribution in [0.15, 0.2) is 24.5 Å². The number of aryl methyl sites for hydroxylation is 1. The van der Waals surface area contributed by atoms with Gasteiger partial charge in [0.1, 0.15) is 5.15 Å². The highest BCUT2D eigenvalue weighted by Crippen LogP contribution is 2.01. The third-order valence-electron chi connectivity index (χ3n) is 1.31. The van der Waals surface area contributed by atoms with Gasteiger partial charge < -0.3 is 0 Å². The van der Waals surface area contributed by atoms with Crippen LogP contribution in [0.4, 0.5) is 0 Å². The quantitative estimate of drug-likeness (QED) is 0.725. The first kappa shape index (κ1) is 9.00. The Balaban J connectivity index is 3.21. The average molecular weight is 184 g/mol. The molecule has 0 atom stereocenters. The van der Waals surface area contributed by atoms with Gasteiger partial charge in [-0.3, -0.25) is 10.1 Å². The molecule has 1 heterocycles. The number of hydrogen-bond acceptors (Lipinski definition) is 2. The van der Waals surface area contributed by atoms with Crippen molar-refractivity contribution in [2.45, 2.75) is 13.3 Å².